The van der Waals surface area contributed by atoms with Gasteiger partial charge < -0.3 is 0 Å². The van der Waals surface area contributed by atoms with Gasteiger partial charge in [0.1, 0.15) is 0 Å². The van der Waals surface area contributed by atoms with Crippen LogP contribution in [-0.4, -0.2) is 25.9 Å². The van der Waals surface area contributed by atoms with Gasteiger partial charge in [-0.1, -0.05) is 36.3 Å². The minimum absolute atomic E-state index is 0.276. The lowest BCUT2D eigenvalue weighted by atomic mass is 10.1. The molecule has 1 N–H and O–H groups in total. The first-order valence-corrected chi connectivity index (χ1v) is 8.29. The van der Waals surface area contributed by atoms with Crippen molar-refractivity contribution >= 4 is 22.4 Å². The molecule has 7 heteroatoms. The van der Waals surface area contributed by atoms with Gasteiger partial charge in [0, 0.05) is 11.6 Å². The minimum atomic E-state index is -0.276. The maximum absolute atomic E-state index is 12.4. The molecule has 118 valence electrons. The Hall–Kier alpha value is -2.54. The zero-order chi connectivity index (χ0) is 16.2. The van der Waals surface area contributed by atoms with Crippen LogP contribution in [0.25, 0.3) is 5.69 Å². The molecule has 0 spiro atoms. The van der Waals surface area contributed by atoms with Gasteiger partial charge in [-0.15, -0.1) is 16.4 Å². The Morgan fingerprint density at radius 1 is 1.30 bits per heavy atom. The Bertz CT molecular complexity index is 793. The van der Waals surface area contributed by atoms with Crippen LogP contribution in [0.1, 0.15) is 35.1 Å². The van der Waals surface area contributed by atoms with Crippen LogP contribution in [0, 0.1) is 6.92 Å². The largest absolute Gasteiger partial charge is 0.296 e. The van der Waals surface area contributed by atoms with E-state index >= 15 is 0 Å². The summed E-state index contributed by atoms with van der Waals surface area (Å²) in [5, 5.41) is 13.4. The lowest BCUT2D eigenvalue weighted by molar-refractivity contribution is 0.102. The number of benzene rings is 1. The molecule has 0 aliphatic rings. The number of thiazole rings is 1. The van der Waals surface area contributed by atoms with E-state index in [4.69, 9.17) is 0 Å². The fourth-order valence-electron chi connectivity index (χ4n) is 2.27. The number of carbonyl (C=O) groups excluding carboxylic acids is 1. The Morgan fingerprint density at radius 2 is 2.09 bits per heavy atom. The quantitative estimate of drug-likeness (QED) is 0.781. The zero-order valence-corrected chi connectivity index (χ0v) is 13.8. The van der Waals surface area contributed by atoms with E-state index in [0.717, 1.165) is 24.2 Å². The topological polar surface area (TPSA) is 72.7 Å². The summed E-state index contributed by atoms with van der Waals surface area (Å²) >= 11 is 1.37. The maximum atomic E-state index is 12.4. The van der Waals surface area contributed by atoms with E-state index in [2.05, 4.69) is 27.5 Å². The summed E-state index contributed by atoms with van der Waals surface area (Å²) in [5.41, 5.74) is 3.24. The first-order chi connectivity index (χ1) is 11.2. The van der Waals surface area contributed by atoms with Gasteiger partial charge in [-0.3, -0.25) is 10.1 Å². The highest BCUT2D eigenvalue weighted by Gasteiger charge is 2.20. The van der Waals surface area contributed by atoms with Crippen molar-refractivity contribution in [1.82, 2.24) is 20.0 Å². The molecule has 3 aromatic rings. The van der Waals surface area contributed by atoms with Crippen molar-refractivity contribution in [2.75, 3.05) is 5.32 Å². The molecule has 6 nitrogen and oxygen atoms in total. The van der Waals surface area contributed by atoms with Crippen LogP contribution in [0.2, 0.25) is 0 Å². The van der Waals surface area contributed by atoms with E-state index in [1.165, 1.54) is 16.9 Å². The molecule has 2 aromatic heterocycles. The van der Waals surface area contributed by atoms with Gasteiger partial charge in [0.2, 0.25) is 0 Å². The number of carbonyl (C=O) groups is 1. The molecule has 0 bridgehead atoms. The first-order valence-electron chi connectivity index (χ1n) is 7.41. The molecule has 2 heterocycles. The van der Waals surface area contributed by atoms with Crippen LogP contribution >= 0.6 is 11.3 Å². The fraction of sp³-hybridized carbons (Fsp3) is 0.250. The lowest BCUT2D eigenvalue weighted by Gasteiger charge is -2.07. The number of nitrogens with zero attached hydrogens (tertiary/aromatic N) is 4. The van der Waals surface area contributed by atoms with Gasteiger partial charge in [0.25, 0.3) is 5.91 Å². The Morgan fingerprint density at radius 3 is 2.74 bits per heavy atom. The number of amides is 1. The SMILES string of the molecule is CCCc1c(C(=O)Nc2nccs2)nnn1-c1ccc(C)cc1. The van der Waals surface area contributed by atoms with E-state index in [1.807, 2.05) is 36.6 Å². The monoisotopic (exact) mass is 327 g/mol. The normalized spacial score (nSPS) is 10.7. The second-order valence-corrected chi connectivity index (χ2v) is 6.07. The summed E-state index contributed by atoms with van der Waals surface area (Å²) < 4.78 is 1.74. The number of aryl methyl sites for hydroxylation is 1. The molecule has 0 aliphatic carbocycles. The minimum Gasteiger partial charge on any atom is -0.296 e. The third-order valence-electron chi connectivity index (χ3n) is 3.40. The second kappa shape index (κ2) is 6.70. The van der Waals surface area contributed by atoms with Gasteiger partial charge in [0.15, 0.2) is 10.8 Å². The maximum Gasteiger partial charge on any atom is 0.279 e. The van der Waals surface area contributed by atoms with Crippen LogP contribution in [0.4, 0.5) is 5.13 Å². The number of hydrogen-bond donors (Lipinski definition) is 1. The van der Waals surface area contributed by atoms with Crippen molar-refractivity contribution in [3.8, 4) is 5.69 Å². The van der Waals surface area contributed by atoms with Gasteiger partial charge >= 0.3 is 0 Å². The van der Waals surface area contributed by atoms with Crippen LogP contribution in [0.5, 0.6) is 0 Å². The average Bonchev–Trinajstić information content (AvgIpc) is 3.18. The zero-order valence-electron chi connectivity index (χ0n) is 13.0. The van der Waals surface area contributed by atoms with Crippen molar-refractivity contribution < 1.29 is 4.79 Å². The number of anilines is 1. The Kier molecular flexibility index (Phi) is 4.47. The highest BCUT2D eigenvalue weighted by molar-refractivity contribution is 7.13. The highest BCUT2D eigenvalue weighted by Crippen LogP contribution is 2.18. The summed E-state index contributed by atoms with van der Waals surface area (Å²) in [4.78, 5) is 16.5. The predicted molar refractivity (Wildman–Crippen MR) is 90.2 cm³/mol. The summed E-state index contributed by atoms with van der Waals surface area (Å²) in [6.07, 6.45) is 3.27. The number of hydrogen-bond acceptors (Lipinski definition) is 5. The third kappa shape index (κ3) is 3.29. The highest BCUT2D eigenvalue weighted by atomic mass is 32.1. The molecule has 0 saturated carbocycles. The van der Waals surface area contributed by atoms with Gasteiger partial charge in [-0.25, -0.2) is 9.67 Å². The summed E-state index contributed by atoms with van der Waals surface area (Å²) in [6.45, 7) is 4.10. The van der Waals surface area contributed by atoms with Crippen LogP contribution in [0.3, 0.4) is 0 Å². The van der Waals surface area contributed by atoms with Crippen molar-refractivity contribution in [1.29, 1.82) is 0 Å². The number of rotatable bonds is 5. The van der Waals surface area contributed by atoms with Crippen LogP contribution in [-0.2, 0) is 6.42 Å². The molecule has 1 aromatic carbocycles. The molecular weight excluding hydrogens is 310 g/mol. The third-order valence-corrected chi connectivity index (χ3v) is 4.08. The van der Waals surface area contributed by atoms with E-state index in [-0.39, 0.29) is 5.91 Å². The summed E-state index contributed by atoms with van der Waals surface area (Å²) in [5.74, 6) is -0.276. The van der Waals surface area contributed by atoms with Crippen LogP contribution in [0.15, 0.2) is 35.8 Å². The van der Waals surface area contributed by atoms with Gasteiger partial charge in [0.05, 0.1) is 11.4 Å². The average molecular weight is 327 g/mol. The smallest absolute Gasteiger partial charge is 0.279 e. The summed E-state index contributed by atoms with van der Waals surface area (Å²) in [6, 6.07) is 7.99. The molecule has 3 rings (SSSR count). The number of nitrogens with one attached hydrogen (secondary N) is 1. The molecule has 0 unspecified atom stereocenters. The van der Waals surface area contributed by atoms with E-state index < -0.39 is 0 Å². The molecule has 0 saturated heterocycles. The van der Waals surface area contributed by atoms with Crippen molar-refractivity contribution in [3.05, 3.63) is 52.8 Å². The van der Waals surface area contributed by atoms with Gasteiger partial charge in [-0.05, 0) is 25.5 Å². The number of aromatic nitrogens is 4. The first kappa shape index (κ1) is 15.4. The molecule has 0 fully saturated rings. The van der Waals surface area contributed by atoms with Crippen LogP contribution < -0.4 is 5.32 Å². The molecular formula is C16H17N5OS. The molecule has 0 aliphatic heterocycles. The molecule has 23 heavy (non-hydrogen) atoms. The van der Waals surface area contributed by atoms with E-state index in [1.54, 1.807) is 10.9 Å². The van der Waals surface area contributed by atoms with E-state index in [9.17, 15) is 4.79 Å². The molecule has 0 atom stereocenters. The second-order valence-electron chi connectivity index (χ2n) is 5.17. The Labute approximate surface area is 138 Å². The Balaban J connectivity index is 1.94. The lowest BCUT2D eigenvalue weighted by Crippen LogP contribution is -2.15. The molecule has 0 radical (unpaired) electrons. The standard InChI is InChI=1S/C16H17N5OS/c1-3-4-13-14(15(22)18-16-17-9-10-23-16)19-20-21(13)12-7-5-11(2)6-8-12/h5-10H,3-4H2,1-2H3,(H,17,18,22). The summed E-state index contributed by atoms with van der Waals surface area (Å²) in [7, 11) is 0. The van der Waals surface area contributed by atoms with Crippen molar-refractivity contribution in [3.63, 3.8) is 0 Å². The predicted octanol–water partition coefficient (Wildman–Crippen LogP) is 3.24. The fourth-order valence-corrected chi connectivity index (χ4v) is 2.80. The van der Waals surface area contributed by atoms with Gasteiger partial charge in [-0.2, -0.15) is 0 Å². The van der Waals surface area contributed by atoms with Crippen molar-refractivity contribution in [2.24, 2.45) is 0 Å². The van der Waals surface area contributed by atoms with E-state index in [0.29, 0.717) is 10.8 Å². The van der Waals surface area contributed by atoms with Crippen molar-refractivity contribution in [2.45, 2.75) is 26.7 Å². The molecule has 1 amide bonds.